The molecular formula is C27H31NO2. The number of rotatable bonds is 3. The third kappa shape index (κ3) is 3.34. The molecule has 2 heterocycles. The van der Waals surface area contributed by atoms with Gasteiger partial charge in [0.05, 0.1) is 6.61 Å². The smallest absolute Gasteiger partial charge is 0.249 e. The van der Waals surface area contributed by atoms with Gasteiger partial charge in [-0.05, 0) is 66.0 Å². The van der Waals surface area contributed by atoms with Crippen molar-refractivity contribution >= 4 is 16.7 Å². The highest BCUT2D eigenvalue weighted by atomic mass is 16.5. The predicted octanol–water partition coefficient (Wildman–Crippen LogP) is 5.65. The number of carbonyl (C=O) groups excluding carboxylic acids is 1. The highest BCUT2D eigenvalue weighted by molar-refractivity contribution is 5.94. The Morgan fingerprint density at radius 3 is 2.70 bits per heavy atom. The van der Waals surface area contributed by atoms with Crippen LogP contribution in [0.4, 0.5) is 0 Å². The molecule has 0 spiro atoms. The summed E-state index contributed by atoms with van der Waals surface area (Å²) in [6.45, 7) is 7.08. The van der Waals surface area contributed by atoms with Crippen molar-refractivity contribution in [2.75, 3.05) is 19.7 Å². The summed E-state index contributed by atoms with van der Waals surface area (Å²) in [5.41, 5.74) is 3.66. The average Bonchev–Trinajstić information content (AvgIpc) is 3.11. The van der Waals surface area contributed by atoms with Crippen molar-refractivity contribution < 1.29 is 9.53 Å². The van der Waals surface area contributed by atoms with Gasteiger partial charge in [-0.1, -0.05) is 56.3 Å². The Morgan fingerprint density at radius 1 is 1.10 bits per heavy atom. The lowest BCUT2D eigenvalue weighted by Crippen LogP contribution is -2.37. The first-order chi connectivity index (χ1) is 14.5. The van der Waals surface area contributed by atoms with Crippen molar-refractivity contribution in [3.05, 3.63) is 71.0 Å². The number of carbonyl (C=O) groups is 1. The molecule has 2 unspecified atom stereocenters. The highest BCUT2D eigenvalue weighted by Gasteiger charge is 2.43. The second-order valence-corrected chi connectivity index (χ2v) is 9.57. The fourth-order valence-electron chi connectivity index (χ4n) is 5.76. The first-order valence-electron chi connectivity index (χ1n) is 11.4. The van der Waals surface area contributed by atoms with Crippen LogP contribution in [-0.4, -0.2) is 30.5 Å². The average molecular weight is 402 g/mol. The quantitative estimate of drug-likeness (QED) is 0.665. The maximum Gasteiger partial charge on any atom is 0.249 e. The van der Waals surface area contributed by atoms with E-state index in [1.165, 1.54) is 28.3 Å². The molecule has 0 aromatic heterocycles. The summed E-state index contributed by atoms with van der Waals surface area (Å²) in [5.74, 6) is 1.51. The molecule has 3 heteroatoms. The minimum absolute atomic E-state index is 0.0327. The van der Waals surface area contributed by atoms with Gasteiger partial charge in [-0.3, -0.25) is 4.79 Å². The SMILES string of the molecule is CC1CC(C(=O)N2CCCCC2)=CC2=C1C(C)(Cc1cccc3ccccc13)CO2. The molecule has 2 aliphatic heterocycles. The van der Waals surface area contributed by atoms with Crippen LogP contribution in [0.5, 0.6) is 0 Å². The van der Waals surface area contributed by atoms with Gasteiger partial charge in [0.2, 0.25) is 5.91 Å². The number of ether oxygens (including phenoxy) is 1. The zero-order chi connectivity index (χ0) is 20.7. The topological polar surface area (TPSA) is 29.5 Å². The molecule has 2 atom stereocenters. The molecule has 156 valence electrons. The van der Waals surface area contributed by atoms with E-state index in [2.05, 4.69) is 62.4 Å². The second-order valence-electron chi connectivity index (χ2n) is 9.57. The molecular weight excluding hydrogens is 370 g/mol. The lowest BCUT2D eigenvalue weighted by atomic mass is 9.70. The van der Waals surface area contributed by atoms with E-state index in [9.17, 15) is 4.79 Å². The zero-order valence-corrected chi connectivity index (χ0v) is 18.1. The van der Waals surface area contributed by atoms with Gasteiger partial charge in [0.1, 0.15) is 5.76 Å². The first-order valence-corrected chi connectivity index (χ1v) is 11.4. The molecule has 1 aliphatic carbocycles. The van der Waals surface area contributed by atoms with Gasteiger partial charge in [-0.25, -0.2) is 0 Å². The van der Waals surface area contributed by atoms with Gasteiger partial charge in [0, 0.05) is 24.1 Å². The third-order valence-corrected chi connectivity index (χ3v) is 7.16. The van der Waals surface area contributed by atoms with E-state index in [-0.39, 0.29) is 11.3 Å². The van der Waals surface area contributed by atoms with Crippen LogP contribution in [0.2, 0.25) is 0 Å². The molecule has 0 bridgehead atoms. The molecule has 2 aromatic carbocycles. The molecule has 5 rings (SSSR count). The Kier molecular flexibility index (Phi) is 4.92. The number of benzene rings is 2. The van der Waals surface area contributed by atoms with E-state index < -0.39 is 0 Å². The van der Waals surface area contributed by atoms with Crippen LogP contribution in [0.15, 0.2) is 65.4 Å². The number of fused-ring (bicyclic) bond motifs is 1. The number of piperidine rings is 1. The van der Waals surface area contributed by atoms with Gasteiger partial charge in [-0.15, -0.1) is 0 Å². The summed E-state index contributed by atoms with van der Waals surface area (Å²) in [4.78, 5) is 15.1. The molecule has 3 nitrogen and oxygen atoms in total. The molecule has 2 aromatic rings. The fourth-order valence-corrected chi connectivity index (χ4v) is 5.76. The Bertz CT molecular complexity index is 1040. The van der Waals surface area contributed by atoms with Crippen LogP contribution < -0.4 is 0 Å². The minimum atomic E-state index is -0.0327. The van der Waals surface area contributed by atoms with Crippen LogP contribution in [0.3, 0.4) is 0 Å². The summed E-state index contributed by atoms with van der Waals surface area (Å²) in [6.07, 6.45) is 7.33. The van der Waals surface area contributed by atoms with Crippen LogP contribution in [-0.2, 0) is 16.0 Å². The molecule has 3 aliphatic rings. The van der Waals surface area contributed by atoms with E-state index in [1.807, 2.05) is 4.90 Å². The van der Waals surface area contributed by atoms with Crippen LogP contribution in [0.1, 0.15) is 45.1 Å². The van der Waals surface area contributed by atoms with Gasteiger partial charge < -0.3 is 9.64 Å². The Morgan fingerprint density at radius 2 is 1.87 bits per heavy atom. The molecule has 0 radical (unpaired) electrons. The number of hydrogen-bond acceptors (Lipinski definition) is 2. The van der Waals surface area contributed by atoms with Gasteiger partial charge in [0.15, 0.2) is 0 Å². The third-order valence-electron chi connectivity index (χ3n) is 7.16. The summed E-state index contributed by atoms with van der Waals surface area (Å²) in [5, 5.41) is 2.62. The predicted molar refractivity (Wildman–Crippen MR) is 121 cm³/mol. The number of allylic oxidation sites excluding steroid dienone is 1. The lowest BCUT2D eigenvalue weighted by Gasteiger charge is -2.33. The zero-order valence-electron chi connectivity index (χ0n) is 18.1. The molecule has 30 heavy (non-hydrogen) atoms. The molecule has 1 amide bonds. The van der Waals surface area contributed by atoms with E-state index in [4.69, 9.17) is 4.74 Å². The number of likely N-dealkylation sites (tertiary alicyclic amines) is 1. The lowest BCUT2D eigenvalue weighted by molar-refractivity contribution is -0.128. The number of hydrogen-bond donors (Lipinski definition) is 0. The Balaban J connectivity index is 1.45. The number of amides is 1. The largest absolute Gasteiger partial charge is 0.493 e. The van der Waals surface area contributed by atoms with Crippen molar-refractivity contribution in [1.29, 1.82) is 0 Å². The van der Waals surface area contributed by atoms with Gasteiger partial charge in [0.25, 0.3) is 0 Å². The van der Waals surface area contributed by atoms with Gasteiger partial charge >= 0.3 is 0 Å². The van der Waals surface area contributed by atoms with Crippen LogP contribution >= 0.6 is 0 Å². The van der Waals surface area contributed by atoms with Crippen molar-refractivity contribution in [2.45, 2.75) is 46.0 Å². The minimum Gasteiger partial charge on any atom is -0.493 e. The van der Waals surface area contributed by atoms with Gasteiger partial charge in [-0.2, -0.15) is 0 Å². The first kappa shape index (κ1) is 19.4. The summed E-state index contributed by atoms with van der Waals surface area (Å²) in [6, 6.07) is 15.2. The molecule has 0 saturated carbocycles. The molecule has 1 saturated heterocycles. The summed E-state index contributed by atoms with van der Waals surface area (Å²) in [7, 11) is 0. The number of nitrogens with zero attached hydrogens (tertiary/aromatic N) is 1. The highest BCUT2D eigenvalue weighted by Crippen LogP contribution is 2.48. The second kappa shape index (κ2) is 7.61. The van der Waals surface area contributed by atoms with Crippen LogP contribution in [0.25, 0.3) is 10.8 Å². The monoisotopic (exact) mass is 401 g/mol. The fraction of sp³-hybridized carbons (Fsp3) is 0.444. The van der Waals surface area contributed by atoms with E-state index in [1.54, 1.807) is 0 Å². The summed E-state index contributed by atoms with van der Waals surface area (Å²) < 4.78 is 6.23. The Hall–Kier alpha value is -2.55. The maximum atomic E-state index is 13.1. The van der Waals surface area contributed by atoms with Crippen molar-refractivity contribution in [3.63, 3.8) is 0 Å². The van der Waals surface area contributed by atoms with E-state index in [0.29, 0.717) is 12.5 Å². The molecule has 0 N–H and O–H groups in total. The van der Waals surface area contributed by atoms with E-state index >= 15 is 0 Å². The van der Waals surface area contributed by atoms with Crippen molar-refractivity contribution in [2.24, 2.45) is 11.3 Å². The maximum absolute atomic E-state index is 13.1. The van der Waals surface area contributed by atoms with E-state index in [0.717, 1.165) is 50.1 Å². The van der Waals surface area contributed by atoms with Crippen LogP contribution in [0, 0.1) is 11.3 Å². The van der Waals surface area contributed by atoms with Crippen molar-refractivity contribution in [1.82, 2.24) is 4.90 Å². The molecule has 1 fully saturated rings. The Labute approximate surface area is 179 Å². The standard InChI is InChI=1S/C27H31NO2/c1-19-15-22(26(29)28-13-6-3-7-14-28)16-24-25(19)27(2,18-30-24)17-21-11-8-10-20-9-4-5-12-23(20)21/h4-5,8-12,16,19H,3,6-7,13-15,17-18H2,1-2H3. The summed E-state index contributed by atoms with van der Waals surface area (Å²) >= 11 is 0. The normalized spacial score (nSPS) is 26.4. The van der Waals surface area contributed by atoms with Crippen molar-refractivity contribution in [3.8, 4) is 0 Å².